The van der Waals surface area contributed by atoms with Crippen molar-refractivity contribution in [2.24, 2.45) is 0 Å². The van der Waals surface area contributed by atoms with Gasteiger partial charge < -0.3 is 19.6 Å². The summed E-state index contributed by atoms with van der Waals surface area (Å²) in [4.78, 5) is 43.4. The summed E-state index contributed by atoms with van der Waals surface area (Å²) in [5.74, 6) is -0.740. The number of hydrogen-bond donors (Lipinski definition) is 1. The van der Waals surface area contributed by atoms with Gasteiger partial charge in [-0.2, -0.15) is 0 Å². The molecule has 1 saturated heterocycles. The van der Waals surface area contributed by atoms with E-state index in [0.29, 0.717) is 31.9 Å². The van der Waals surface area contributed by atoms with Gasteiger partial charge in [0, 0.05) is 32.4 Å². The number of methoxy groups -OCH3 is 1. The summed E-state index contributed by atoms with van der Waals surface area (Å²) in [7, 11) is 1.58. The van der Waals surface area contributed by atoms with Crippen molar-refractivity contribution >= 4 is 17.8 Å². The maximum atomic E-state index is 12.6. The van der Waals surface area contributed by atoms with Crippen LogP contribution in [0.4, 0.5) is 0 Å². The van der Waals surface area contributed by atoms with Crippen LogP contribution in [0.2, 0.25) is 0 Å². The van der Waals surface area contributed by atoms with Crippen LogP contribution < -0.4 is 4.74 Å². The SMILES string of the molecule is COc1cccc(CC(=O)N2CCN(C(=O)c3cc(C(=O)O)ccn3)CC2)c1. The molecule has 1 aliphatic heterocycles. The third-order valence-corrected chi connectivity index (χ3v) is 4.64. The lowest BCUT2D eigenvalue weighted by Gasteiger charge is -2.34. The fraction of sp³-hybridized carbons (Fsp3) is 0.300. The zero-order chi connectivity index (χ0) is 20.1. The molecule has 0 spiro atoms. The predicted octanol–water partition coefficient (Wildman–Crippen LogP) is 1.32. The van der Waals surface area contributed by atoms with Gasteiger partial charge in [-0.25, -0.2) is 4.79 Å². The maximum absolute atomic E-state index is 12.6. The highest BCUT2D eigenvalue weighted by Crippen LogP contribution is 2.15. The average molecular weight is 383 g/mol. The van der Waals surface area contributed by atoms with Crippen LogP contribution in [0, 0.1) is 0 Å². The summed E-state index contributed by atoms with van der Waals surface area (Å²) < 4.78 is 5.18. The number of nitrogens with zero attached hydrogens (tertiary/aromatic N) is 3. The summed E-state index contributed by atoms with van der Waals surface area (Å²) >= 11 is 0. The van der Waals surface area contributed by atoms with Crippen LogP contribution in [-0.2, 0) is 11.2 Å². The average Bonchev–Trinajstić information content (AvgIpc) is 2.73. The molecule has 0 bridgehead atoms. The Kier molecular flexibility index (Phi) is 5.88. The molecular formula is C20H21N3O5. The van der Waals surface area contributed by atoms with E-state index in [4.69, 9.17) is 9.84 Å². The lowest BCUT2D eigenvalue weighted by Crippen LogP contribution is -2.51. The number of hydrogen-bond acceptors (Lipinski definition) is 5. The van der Waals surface area contributed by atoms with Gasteiger partial charge in [-0.3, -0.25) is 14.6 Å². The molecule has 146 valence electrons. The van der Waals surface area contributed by atoms with Crippen molar-refractivity contribution in [3.63, 3.8) is 0 Å². The Morgan fingerprint density at radius 2 is 1.79 bits per heavy atom. The lowest BCUT2D eigenvalue weighted by atomic mass is 10.1. The van der Waals surface area contributed by atoms with Gasteiger partial charge in [0.25, 0.3) is 5.91 Å². The number of piperazine rings is 1. The van der Waals surface area contributed by atoms with Gasteiger partial charge in [-0.05, 0) is 29.8 Å². The third-order valence-electron chi connectivity index (χ3n) is 4.64. The van der Waals surface area contributed by atoms with E-state index in [1.807, 2.05) is 24.3 Å². The highest BCUT2D eigenvalue weighted by Gasteiger charge is 2.26. The van der Waals surface area contributed by atoms with E-state index >= 15 is 0 Å². The van der Waals surface area contributed by atoms with Crippen molar-refractivity contribution in [3.05, 3.63) is 59.4 Å². The maximum Gasteiger partial charge on any atom is 0.335 e. The zero-order valence-electron chi connectivity index (χ0n) is 15.5. The quantitative estimate of drug-likeness (QED) is 0.836. The molecule has 0 aliphatic carbocycles. The number of pyridine rings is 1. The van der Waals surface area contributed by atoms with Crippen molar-refractivity contribution in [1.29, 1.82) is 0 Å². The standard InChI is InChI=1S/C20H21N3O5/c1-28-16-4-2-3-14(11-16)12-18(24)22-7-9-23(10-8-22)19(25)17-13-15(20(26)27)5-6-21-17/h2-6,11,13H,7-10,12H2,1H3,(H,26,27). The van der Waals surface area contributed by atoms with Crippen LogP contribution in [0.3, 0.4) is 0 Å². The Morgan fingerprint density at radius 1 is 1.07 bits per heavy atom. The van der Waals surface area contributed by atoms with Crippen molar-refractivity contribution in [2.75, 3.05) is 33.3 Å². The molecule has 0 atom stereocenters. The van der Waals surface area contributed by atoms with E-state index in [-0.39, 0.29) is 29.5 Å². The molecule has 2 heterocycles. The summed E-state index contributed by atoms with van der Waals surface area (Å²) in [6.07, 6.45) is 1.58. The number of benzene rings is 1. The van der Waals surface area contributed by atoms with Gasteiger partial charge in [0.1, 0.15) is 11.4 Å². The number of rotatable bonds is 5. The number of ether oxygens (including phenoxy) is 1. The number of carbonyl (C=O) groups is 3. The molecule has 8 heteroatoms. The Balaban J connectivity index is 1.57. The second-order valence-corrected chi connectivity index (χ2v) is 6.44. The fourth-order valence-electron chi connectivity index (χ4n) is 3.07. The highest BCUT2D eigenvalue weighted by atomic mass is 16.5. The largest absolute Gasteiger partial charge is 0.497 e. The highest BCUT2D eigenvalue weighted by molar-refractivity contribution is 5.96. The predicted molar refractivity (Wildman–Crippen MR) is 100 cm³/mol. The van der Waals surface area contributed by atoms with Crippen molar-refractivity contribution < 1.29 is 24.2 Å². The Labute approximate surface area is 162 Å². The van der Waals surface area contributed by atoms with Gasteiger partial charge >= 0.3 is 5.97 Å². The molecular weight excluding hydrogens is 362 g/mol. The number of aromatic carboxylic acids is 1. The molecule has 1 aliphatic rings. The van der Waals surface area contributed by atoms with Crippen LogP contribution in [0.5, 0.6) is 5.75 Å². The molecule has 2 aromatic rings. The monoisotopic (exact) mass is 383 g/mol. The Hall–Kier alpha value is -3.42. The van der Waals surface area contributed by atoms with Crippen molar-refractivity contribution in [3.8, 4) is 5.75 Å². The van der Waals surface area contributed by atoms with Crippen molar-refractivity contribution in [2.45, 2.75) is 6.42 Å². The van der Waals surface area contributed by atoms with E-state index in [1.54, 1.807) is 16.9 Å². The molecule has 1 fully saturated rings. The van der Waals surface area contributed by atoms with Crippen LogP contribution in [0.25, 0.3) is 0 Å². The minimum atomic E-state index is -1.11. The Bertz CT molecular complexity index is 891. The normalized spacial score (nSPS) is 13.9. The topological polar surface area (TPSA) is 100 Å². The lowest BCUT2D eigenvalue weighted by molar-refractivity contribution is -0.131. The first-order chi connectivity index (χ1) is 13.5. The molecule has 0 unspecified atom stereocenters. The molecule has 8 nitrogen and oxygen atoms in total. The number of amides is 2. The van der Waals surface area contributed by atoms with Crippen molar-refractivity contribution in [1.82, 2.24) is 14.8 Å². The van der Waals surface area contributed by atoms with E-state index < -0.39 is 5.97 Å². The third kappa shape index (κ3) is 4.46. The van der Waals surface area contributed by atoms with Gasteiger partial charge in [-0.15, -0.1) is 0 Å². The molecule has 28 heavy (non-hydrogen) atoms. The second kappa shape index (κ2) is 8.51. The fourth-order valence-corrected chi connectivity index (χ4v) is 3.07. The number of carbonyl (C=O) groups excluding carboxylic acids is 2. The van der Waals surface area contributed by atoms with Crippen LogP contribution in [-0.4, -0.2) is 71.0 Å². The molecule has 0 saturated carbocycles. The van der Waals surface area contributed by atoms with E-state index in [0.717, 1.165) is 5.56 Å². The summed E-state index contributed by atoms with van der Waals surface area (Å²) in [5, 5.41) is 9.05. The first-order valence-corrected chi connectivity index (χ1v) is 8.87. The van der Waals surface area contributed by atoms with Gasteiger partial charge in [0.05, 0.1) is 19.1 Å². The number of carboxylic acids is 1. The second-order valence-electron chi connectivity index (χ2n) is 6.44. The van der Waals surface area contributed by atoms with Gasteiger partial charge in [0.15, 0.2) is 0 Å². The first-order valence-electron chi connectivity index (χ1n) is 8.87. The molecule has 3 rings (SSSR count). The molecule has 1 aromatic heterocycles. The first kappa shape index (κ1) is 19.3. The van der Waals surface area contributed by atoms with Crippen LogP contribution in [0.15, 0.2) is 42.6 Å². The van der Waals surface area contributed by atoms with E-state index in [9.17, 15) is 14.4 Å². The van der Waals surface area contributed by atoms with Crippen LogP contribution >= 0.6 is 0 Å². The molecule has 0 radical (unpaired) electrons. The zero-order valence-corrected chi connectivity index (χ0v) is 15.5. The van der Waals surface area contributed by atoms with Crippen LogP contribution in [0.1, 0.15) is 26.4 Å². The molecule has 2 amide bonds. The molecule has 1 N–H and O–H groups in total. The smallest absolute Gasteiger partial charge is 0.335 e. The number of carboxylic acid groups (broad SMARTS) is 1. The molecule has 1 aromatic carbocycles. The minimum absolute atomic E-state index is 0.00801. The Morgan fingerprint density at radius 3 is 2.46 bits per heavy atom. The van der Waals surface area contributed by atoms with E-state index in [1.165, 1.54) is 18.3 Å². The van der Waals surface area contributed by atoms with E-state index in [2.05, 4.69) is 4.98 Å². The summed E-state index contributed by atoms with van der Waals surface area (Å²) in [6.45, 7) is 1.60. The van der Waals surface area contributed by atoms with Gasteiger partial charge in [0.2, 0.25) is 5.91 Å². The minimum Gasteiger partial charge on any atom is -0.497 e. The summed E-state index contributed by atoms with van der Waals surface area (Å²) in [6, 6.07) is 9.99. The number of aromatic nitrogens is 1. The van der Waals surface area contributed by atoms with Gasteiger partial charge in [-0.1, -0.05) is 12.1 Å². The summed E-state index contributed by atoms with van der Waals surface area (Å²) in [5.41, 5.74) is 0.985.